The van der Waals surface area contributed by atoms with Crippen molar-refractivity contribution in [3.05, 3.63) is 51.4 Å². The van der Waals surface area contributed by atoms with E-state index in [0.29, 0.717) is 5.69 Å². The molecular weight excluding hydrogens is 392 g/mol. The summed E-state index contributed by atoms with van der Waals surface area (Å²) in [4.78, 5) is 23.1. The Morgan fingerprint density at radius 2 is 1.93 bits per heavy atom. The molecule has 1 amide bonds. The molecule has 0 bridgehead atoms. The lowest BCUT2D eigenvalue weighted by Gasteiger charge is -2.08. The highest BCUT2D eigenvalue weighted by molar-refractivity contribution is 7.91. The Morgan fingerprint density at radius 1 is 1.22 bits per heavy atom. The number of sulfonamides is 1. The van der Waals surface area contributed by atoms with Gasteiger partial charge in [-0.1, -0.05) is 12.1 Å². The Kier molecular flexibility index (Phi) is 6.88. The molecular formula is C16H20N4O5S2. The lowest BCUT2D eigenvalue weighted by Crippen LogP contribution is -2.24. The first-order chi connectivity index (χ1) is 12.7. The van der Waals surface area contributed by atoms with Crippen molar-refractivity contribution >= 4 is 38.6 Å². The lowest BCUT2D eigenvalue weighted by molar-refractivity contribution is -0.384. The summed E-state index contributed by atoms with van der Waals surface area (Å²) >= 11 is 1.10. The van der Waals surface area contributed by atoms with Gasteiger partial charge in [0.05, 0.1) is 11.5 Å². The number of nitro benzene ring substituents is 1. The summed E-state index contributed by atoms with van der Waals surface area (Å²) in [6.45, 7) is 0.458. The average molecular weight is 412 g/mol. The number of rotatable bonds is 9. The summed E-state index contributed by atoms with van der Waals surface area (Å²) in [5, 5.41) is 16.5. The quantitative estimate of drug-likeness (QED) is 0.480. The number of carbonyl (C=O) groups is 1. The van der Waals surface area contributed by atoms with Crippen molar-refractivity contribution in [1.29, 1.82) is 0 Å². The number of amides is 1. The van der Waals surface area contributed by atoms with Crippen LogP contribution in [0.5, 0.6) is 0 Å². The summed E-state index contributed by atoms with van der Waals surface area (Å²) in [5.74, 6) is -0.244. The van der Waals surface area contributed by atoms with E-state index in [0.717, 1.165) is 20.5 Å². The van der Waals surface area contributed by atoms with Crippen LogP contribution >= 0.6 is 11.3 Å². The number of nitrogens with zero attached hydrogens (tertiary/aromatic N) is 2. The van der Waals surface area contributed by atoms with Crippen molar-refractivity contribution in [2.24, 2.45) is 0 Å². The predicted molar refractivity (Wildman–Crippen MR) is 103 cm³/mol. The SMILES string of the molecule is CN(C)S(=O)(=O)c1ccc(CNC(=O)CCNc2ccccc2[N+](=O)[O-])s1. The van der Waals surface area contributed by atoms with Crippen molar-refractivity contribution in [1.82, 2.24) is 9.62 Å². The second kappa shape index (κ2) is 8.93. The van der Waals surface area contributed by atoms with Crippen LogP contribution in [-0.4, -0.2) is 44.2 Å². The molecule has 1 aromatic heterocycles. The van der Waals surface area contributed by atoms with Crippen molar-refractivity contribution < 1.29 is 18.1 Å². The van der Waals surface area contributed by atoms with Crippen LogP contribution in [0.2, 0.25) is 0 Å². The molecule has 0 unspecified atom stereocenters. The van der Waals surface area contributed by atoms with Gasteiger partial charge in [0.1, 0.15) is 9.90 Å². The highest BCUT2D eigenvalue weighted by atomic mass is 32.2. The van der Waals surface area contributed by atoms with Crippen molar-refractivity contribution in [3.63, 3.8) is 0 Å². The summed E-state index contributed by atoms with van der Waals surface area (Å²) in [7, 11) is -0.559. The van der Waals surface area contributed by atoms with E-state index in [1.165, 1.54) is 26.2 Å². The molecule has 2 N–H and O–H groups in total. The number of benzene rings is 1. The van der Waals surface area contributed by atoms with Gasteiger partial charge < -0.3 is 10.6 Å². The molecule has 0 saturated heterocycles. The van der Waals surface area contributed by atoms with Crippen LogP contribution < -0.4 is 10.6 Å². The molecule has 27 heavy (non-hydrogen) atoms. The normalized spacial score (nSPS) is 11.4. The zero-order valence-corrected chi connectivity index (χ0v) is 16.5. The number of thiophene rings is 1. The number of hydrogen-bond acceptors (Lipinski definition) is 7. The molecule has 0 fully saturated rings. The largest absolute Gasteiger partial charge is 0.379 e. The Balaban J connectivity index is 1.82. The first-order valence-corrected chi connectivity index (χ1v) is 10.2. The van der Waals surface area contributed by atoms with Gasteiger partial charge in [0.2, 0.25) is 5.91 Å². The number of hydrogen-bond donors (Lipinski definition) is 2. The second-order valence-corrected chi connectivity index (χ2v) is 9.28. The molecule has 0 saturated carbocycles. The molecule has 0 aliphatic heterocycles. The Bertz CT molecular complexity index is 924. The number of nitro groups is 1. The first kappa shape index (κ1) is 20.8. The fourth-order valence-corrected chi connectivity index (χ4v) is 4.60. The number of carbonyl (C=O) groups excluding carboxylic acids is 1. The van der Waals surface area contributed by atoms with Crippen LogP contribution in [0.15, 0.2) is 40.6 Å². The third-order valence-corrected chi connectivity index (χ3v) is 6.97. The van der Waals surface area contributed by atoms with Crippen LogP contribution in [0.1, 0.15) is 11.3 Å². The van der Waals surface area contributed by atoms with E-state index in [9.17, 15) is 23.3 Å². The zero-order valence-electron chi connectivity index (χ0n) is 14.8. The van der Waals surface area contributed by atoms with Crippen LogP contribution in [0.25, 0.3) is 0 Å². The van der Waals surface area contributed by atoms with E-state index in [1.807, 2.05) is 0 Å². The van der Waals surface area contributed by atoms with Gasteiger partial charge in [-0.25, -0.2) is 12.7 Å². The summed E-state index contributed by atoms with van der Waals surface area (Å²) in [5.41, 5.74) is 0.304. The molecule has 11 heteroatoms. The fraction of sp³-hybridized carbons (Fsp3) is 0.312. The van der Waals surface area contributed by atoms with Gasteiger partial charge in [0.25, 0.3) is 15.7 Å². The van der Waals surface area contributed by atoms with Gasteiger partial charge in [-0.2, -0.15) is 0 Å². The molecule has 146 valence electrons. The monoisotopic (exact) mass is 412 g/mol. The third kappa shape index (κ3) is 5.49. The Labute approximate surface area is 161 Å². The number of anilines is 1. The van der Waals surface area contributed by atoms with E-state index in [-0.39, 0.29) is 35.3 Å². The third-order valence-electron chi connectivity index (χ3n) is 3.60. The maximum atomic E-state index is 12.0. The van der Waals surface area contributed by atoms with Gasteiger partial charge in [0.15, 0.2) is 0 Å². The molecule has 0 atom stereocenters. The molecule has 2 aromatic rings. The number of nitrogens with one attached hydrogen (secondary N) is 2. The number of para-hydroxylation sites is 2. The maximum absolute atomic E-state index is 12.0. The van der Waals surface area contributed by atoms with Gasteiger partial charge in [-0.15, -0.1) is 11.3 Å². The minimum absolute atomic E-state index is 0.0499. The summed E-state index contributed by atoms with van der Waals surface area (Å²) in [6.07, 6.45) is 0.125. The lowest BCUT2D eigenvalue weighted by atomic mass is 10.2. The molecule has 0 aliphatic carbocycles. The van der Waals surface area contributed by atoms with E-state index in [2.05, 4.69) is 10.6 Å². The van der Waals surface area contributed by atoms with Gasteiger partial charge in [-0.05, 0) is 18.2 Å². The van der Waals surface area contributed by atoms with Crippen molar-refractivity contribution in [3.8, 4) is 0 Å². The summed E-state index contributed by atoms with van der Waals surface area (Å²) in [6, 6.07) is 9.38. The topological polar surface area (TPSA) is 122 Å². The Morgan fingerprint density at radius 3 is 2.59 bits per heavy atom. The maximum Gasteiger partial charge on any atom is 0.292 e. The average Bonchev–Trinajstić information content (AvgIpc) is 3.10. The first-order valence-electron chi connectivity index (χ1n) is 7.97. The van der Waals surface area contributed by atoms with Crippen LogP contribution in [-0.2, 0) is 21.4 Å². The minimum Gasteiger partial charge on any atom is -0.379 e. The zero-order chi connectivity index (χ0) is 20.0. The van der Waals surface area contributed by atoms with Crippen molar-refractivity contribution in [2.45, 2.75) is 17.2 Å². The molecule has 9 nitrogen and oxygen atoms in total. The molecule has 1 heterocycles. The van der Waals surface area contributed by atoms with Crippen LogP contribution in [0.4, 0.5) is 11.4 Å². The minimum atomic E-state index is -3.48. The van der Waals surface area contributed by atoms with E-state index in [1.54, 1.807) is 24.3 Å². The highest BCUT2D eigenvalue weighted by Crippen LogP contribution is 2.24. The smallest absolute Gasteiger partial charge is 0.292 e. The van der Waals surface area contributed by atoms with Crippen molar-refractivity contribution in [2.75, 3.05) is 26.0 Å². The van der Waals surface area contributed by atoms with E-state index >= 15 is 0 Å². The molecule has 0 spiro atoms. The van der Waals surface area contributed by atoms with E-state index < -0.39 is 14.9 Å². The second-order valence-electron chi connectivity index (χ2n) is 5.74. The van der Waals surface area contributed by atoms with Crippen LogP contribution in [0, 0.1) is 10.1 Å². The predicted octanol–water partition coefficient (Wildman–Crippen LogP) is 2.03. The van der Waals surface area contributed by atoms with E-state index in [4.69, 9.17) is 0 Å². The molecule has 2 rings (SSSR count). The van der Waals surface area contributed by atoms with Gasteiger partial charge in [-0.3, -0.25) is 14.9 Å². The molecule has 0 aliphatic rings. The Hall–Kier alpha value is -2.50. The highest BCUT2D eigenvalue weighted by Gasteiger charge is 2.19. The van der Waals surface area contributed by atoms with Gasteiger partial charge in [0, 0.05) is 38.0 Å². The van der Waals surface area contributed by atoms with Crippen LogP contribution in [0.3, 0.4) is 0 Å². The molecule has 1 aromatic carbocycles. The fourth-order valence-electron chi connectivity index (χ4n) is 2.14. The molecule has 0 radical (unpaired) electrons. The standard InChI is InChI=1S/C16H20N4O5S2/c1-19(2)27(24,25)16-8-7-12(26-16)11-18-15(21)9-10-17-13-5-3-4-6-14(13)20(22)23/h3-8,17H,9-11H2,1-2H3,(H,18,21). The van der Waals surface area contributed by atoms with Gasteiger partial charge >= 0.3 is 0 Å². The summed E-state index contributed by atoms with van der Waals surface area (Å²) < 4.78 is 25.4.